The highest BCUT2D eigenvalue weighted by Gasteiger charge is 2.14. The number of amides is 2. The first-order valence-electron chi connectivity index (χ1n) is 10.1. The van der Waals surface area contributed by atoms with E-state index in [0.29, 0.717) is 44.4 Å². The number of hydrogen-bond acceptors (Lipinski definition) is 5. The van der Waals surface area contributed by atoms with Gasteiger partial charge in [0.2, 0.25) is 0 Å². The van der Waals surface area contributed by atoms with Crippen molar-refractivity contribution in [1.29, 1.82) is 0 Å². The topological polar surface area (TPSA) is 89.0 Å². The lowest BCUT2D eigenvalue weighted by atomic mass is 10.2. The van der Waals surface area contributed by atoms with Gasteiger partial charge >= 0.3 is 0 Å². The normalized spacial score (nSPS) is 10.7. The first kappa shape index (κ1) is 25.7. The molecule has 0 heterocycles. The predicted molar refractivity (Wildman–Crippen MR) is 140 cm³/mol. The predicted octanol–water partition coefficient (Wildman–Crippen LogP) is 6.05. The van der Waals surface area contributed by atoms with Gasteiger partial charge in [-0.3, -0.25) is 9.59 Å². The maximum Gasteiger partial charge on any atom is 0.271 e. The molecular weight excluding hydrogens is 590 g/mol. The third-order valence-corrected chi connectivity index (χ3v) is 5.66. The van der Waals surface area contributed by atoms with Crippen LogP contribution in [0.15, 0.2) is 74.7 Å². The zero-order valence-electron chi connectivity index (χ0n) is 18.0. The van der Waals surface area contributed by atoms with Crippen LogP contribution in [0.2, 0.25) is 5.02 Å². The van der Waals surface area contributed by atoms with E-state index in [2.05, 4.69) is 47.7 Å². The second kappa shape index (κ2) is 12.5. The van der Waals surface area contributed by atoms with Gasteiger partial charge in [0.05, 0.1) is 17.3 Å². The van der Waals surface area contributed by atoms with Crippen LogP contribution in [-0.2, 0) is 4.79 Å². The molecule has 0 aliphatic carbocycles. The molecule has 2 amide bonds. The maximum absolute atomic E-state index is 12.3. The van der Waals surface area contributed by atoms with Crippen LogP contribution in [0.3, 0.4) is 0 Å². The average Bonchev–Trinajstić information content (AvgIpc) is 2.80. The molecule has 3 aromatic rings. The van der Waals surface area contributed by atoms with E-state index in [0.717, 1.165) is 4.47 Å². The molecule has 2 N–H and O–H groups in total. The van der Waals surface area contributed by atoms with E-state index in [1.54, 1.807) is 60.7 Å². The number of anilines is 1. The summed E-state index contributed by atoms with van der Waals surface area (Å²) in [5.41, 5.74) is 4.24. The van der Waals surface area contributed by atoms with Crippen molar-refractivity contribution in [3.63, 3.8) is 0 Å². The lowest BCUT2D eigenvalue weighted by molar-refractivity contribution is -0.118. The third-order valence-electron chi connectivity index (χ3n) is 4.29. The van der Waals surface area contributed by atoms with Crippen molar-refractivity contribution in [3.8, 4) is 11.5 Å². The summed E-state index contributed by atoms with van der Waals surface area (Å²) in [5, 5.41) is 7.33. The van der Waals surface area contributed by atoms with E-state index in [1.807, 2.05) is 6.92 Å². The summed E-state index contributed by atoms with van der Waals surface area (Å²) in [6.07, 6.45) is 1.49. The Morgan fingerprint density at radius 1 is 1.03 bits per heavy atom. The van der Waals surface area contributed by atoms with Crippen molar-refractivity contribution in [2.45, 2.75) is 6.92 Å². The highest BCUT2D eigenvalue weighted by Crippen LogP contribution is 2.36. The number of halogens is 3. The fourth-order valence-corrected chi connectivity index (χ4v) is 3.73. The number of ether oxygens (including phenoxy) is 2. The first-order valence-corrected chi connectivity index (χ1v) is 12.1. The van der Waals surface area contributed by atoms with Crippen LogP contribution < -0.4 is 20.2 Å². The number of carbonyl (C=O) groups is 2. The molecule has 0 saturated heterocycles. The largest absolute Gasteiger partial charge is 0.490 e. The summed E-state index contributed by atoms with van der Waals surface area (Å²) in [7, 11) is 0. The Labute approximate surface area is 218 Å². The molecule has 0 radical (unpaired) electrons. The standard InChI is InChI=1S/C24H20Br2ClN3O4/c1-2-33-21-12-15(13-28-30-24(32)16-3-5-17(25)6-4-16)11-20(26)23(21)34-14-22(31)29-19-9-7-18(27)8-10-19/h3-13H,2,14H2,1H3,(H,29,31)(H,30,32)/b28-13+. The SMILES string of the molecule is CCOc1cc(/C=N/NC(=O)c2ccc(Br)cc2)cc(Br)c1OCC(=O)Nc1ccc(Cl)cc1. The van der Waals surface area contributed by atoms with Gasteiger partial charge in [-0.2, -0.15) is 5.10 Å². The van der Waals surface area contributed by atoms with Crippen LogP contribution in [0, 0.1) is 0 Å². The Morgan fingerprint density at radius 3 is 2.41 bits per heavy atom. The highest BCUT2D eigenvalue weighted by molar-refractivity contribution is 9.10. The van der Waals surface area contributed by atoms with Crippen LogP contribution >= 0.6 is 43.5 Å². The van der Waals surface area contributed by atoms with E-state index in [-0.39, 0.29) is 18.4 Å². The van der Waals surface area contributed by atoms with E-state index < -0.39 is 0 Å². The third kappa shape index (κ3) is 7.58. The molecule has 0 saturated carbocycles. The van der Waals surface area contributed by atoms with Crippen molar-refractivity contribution in [2.75, 3.05) is 18.5 Å². The molecule has 34 heavy (non-hydrogen) atoms. The molecule has 0 aliphatic rings. The summed E-state index contributed by atoms with van der Waals surface area (Å²) >= 11 is 12.6. The molecule has 7 nitrogen and oxygen atoms in total. The Kier molecular flexibility index (Phi) is 9.50. The highest BCUT2D eigenvalue weighted by atomic mass is 79.9. The molecule has 3 aromatic carbocycles. The van der Waals surface area contributed by atoms with Crippen molar-refractivity contribution in [2.24, 2.45) is 5.10 Å². The molecule has 0 fully saturated rings. The molecule has 0 bridgehead atoms. The van der Waals surface area contributed by atoms with E-state index in [1.165, 1.54) is 6.21 Å². The Balaban J connectivity index is 1.65. The van der Waals surface area contributed by atoms with Gasteiger partial charge < -0.3 is 14.8 Å². The number of hydrogen-bond donors (Lipinski definition) is 2. The molecule has 176 valence electrons. The Hall–Kier alpha value is -2.88. The average molecular weight is 610 g/mol. The van der Waals surface area contributed by atoms with Crippen molar-refractivity contribution >= 4 is 67.2 Å². The van der Waals surface area contributed by atoms with E-state index in [9.17, 15) is 9.59 Å². The second-order valence-corrected chi connectivity index (χ2v) is 9.02. The minimum atomic E-state index is -0.335. The minimum absolute atomic E-state index is 0.224. The minimum Gasteiger partial charge on any atom is -0.490 e. The lowest BCUT2D eigenvalue weighted by Crippen LogP contribution is -2.20. The van der Waals surface area contributed by atoms with Gasteiger partial charge in [0.25, 0.3) is 11.8 Å². The summed E-state index contributed by atoms with van der Waals surface area (Å²) in [5.74, 6) is 0.137. The van der Waals surface area contributed by atoms with Gasteiger partial charge in [-0.25, -0.2) is 5.43 Å². The lowest BCUT2D eigenvalue weighted by Gasteiger charge is -2.14. The number of benzene rings is 3. The molecular formula is C24H20Br2ClN3O4. The van der Waals surface area contributed by atoms with Crippen molar-refractivity contribution in [3.05, 3.63) is 85.8 Å². The number of hydrazone groups is 1. The molecule has 0 unspecified atom stereocenters. The van der Waals surface area contributed by atoms with Gasteiger partial charge in [0.1, 0.15) is 0 Å². The monoisotopic (exact) mass is 607 g/mol. The molecule has 10 heteroatoms. The van der Waals surface area contributed by atoms with Crippen LogP contribution in [0.4, 0.5) is 5.69 Å². The van der Waals surface area contributed by atoms with Gasteiger partial charge in [0.15, 0.2) is 18.1 Å². The van der Waals surface area contributed by atoms with E-state index in [4.69, 9.17) is 21.1 Å². The second-order valence-electron chi connectivity index (χ2n) is 6.81. The number of nitrogens with zero attached hydrogens (tertiary/aromatic N) is 1. The van der Waals surface area contributed by atoms with Crippen LogP contribution in [0.25, 0.3) is 0 Å². The zero-order valence-corrected chi connectivity index (χ0v) is 21.9. The maximum atomic E-state index is 12.3. The van der Waals surface area contributed by atoms with Crippen LogP contribution in [0.5, 0.6) is 11.5 Å². The summed E-state index contributed by atoms with van der Waals surface area (Å²) < 4.78 is 12.8. The van der Waals surface area contributed by atoms with Gasteiger partial charge in [-0.15, -0.1) is 0 Å². The number of rotatable bonds is 9. The number of carbonyl (C=O) groups excluding carboxylic acids is 2. The Morgan fingerprint density at radius 2 is 1.74 bits per heavy atom. The van der Waals surface area contributed by atoms with Gasteiger partial charge in [0, 0.05) is 20.7 Å². The van der Waals surface area contributed by atoms with Crippen LogP contribution in [0.1, 0.15) is 22.8 Å². The first-order chi connectivity index (χ1) is 16.4. The molecule has 0 aromatic heterocycles. The Bertz CT molecular complexity index is 1190. The molecule has 3 rings (SSSR count). The van der Waals surface area contributed by atoms with Crippen molar-refractivity contribution < 1.29 is 19.1 Å². The zero-order chi connectivity index (χ0) is 24.5. The summed E-state index contributed by atoms with van der Waals surface area (Å²) in [4.78, 5) is 24.5. The van der Waals surface area contributed by atoms with Crippen molar-refractivity contribution in [1.82, 2.24) is 5.43 Å². The molecule has 0 spiro atoms. The smallest absolute Gasteiger partial charge is 0.271 e. The van der Waals surface area contributed by atoms with E-state index >= 15 is 0 Å². The van der Waals surface area contributed by atoms with Gasteiger partial charge in [-0.1, -0.05) is 27.5 Å². The number of nitrogens with one attached hydrogen (secondary N) is 2. The molecule has 0 aliphatic heterocycles. The summed E-state index contributed by atoms with van der Waals surface area (Å²) in [6, 6.07) is 17.1. The quantitative estimate of drug-likeness (QED) is 0.229. The molecule has 0 atom stereocenters. The van der Waals surface area contributed by atoms with Gasteiger partial charge in [-0.05, 0) is 89.1 Å². The van der Waals surface area contributed by atoms with Crippen LogP contribution in [-0.4, -0.2) is 31.2 Å². The fourth-order valence-electron chi connectivity index (χ4n) is 2.76. The summed E-state index contributed by atoms with van der Waals surface area (Å²) in [6.45, 7) is 2.00. The fraction of sp³-hybridized carbons (Fsp3) is 0.125.